The van der Waals surface area contributed by atoms with Crippen LogP contribution in [0.15, 0.2) is 9.59 Å². The second-order valence-electron chi connectivity index (χ2n) is 2.76. The van der Waals surface area contributed by atoms with E-state index in [9.17, 15) is 14.7 Å². The summed E-state index contributed by atoms with van der Waals surface area (Å²) in [5.74, 6) is -0.197. The number of rotatable bonds is 0. The molecule has 0 aliphatic carbocycles. The van der Waals surface area contributed by atoms with Crippen LogP contribution >= 0.6 is 0 Å². The van der Waals surface area contributed by atoms with Gasteiger partial charge in [-0.2, -0.15) is 0 Å². The first-order chi connectivity index (χ1) is 6.09. The summed E-state index contributed by atoms with van der Waals surface area (Å²) >= 11 is 0. The number of hydrogen-bond acceptors (Lipinski definition) is 3. The maximum Gasteiger partial charge on any atom is 0.325 e. The van der Waals surface area contributed by atoms with E-state index in [0.29, 0.717) is 0 Å². The van der Waals surface area contributed by atoms with E-state index < -0.39 is 11.2 Å². The summed E-state index contributed by atoms with van der Waals surface area (Å²) in [6.07, 6.45) is 0. The van der Waals surface area contributed by atoms with Gasteiger partial charge in [0.15, 0.2) is 5.75 Å². The molecule has 0 radical (unpaired) electrons. The minimum absolute atomic E-state index is 0.183. The molecule has 0 amide bonds. The molecule has 0 saturated carbocycles. The summed E-state index contributed by atoms with van der Waals surface area (Å²) in [7, 11) is 0. The van der Waals surface area contributed by atoms with Crippen molar-refractivity contribution in [2.75, 3.05) is 0 Å². The van der Waals surface area contributed by atoms with Crippen molar-refractivity contribution in [2.45, 2.75) is 6.92 Å². The number of H-pyrrole nitrogens is 3. The number of fused-ring (bicyclic) bond motifs is 1. The Morgan fingerprint density at radius 2 is 1.85 bits per heavy atom. The molecule has 2 aromatic heterocycles. The van der Waals surface area contributed by atoms with Crippen LogP contribution in [0.25, 0.3) is 11.2 Å². The lowest BCUT2D eigenvalue weighted by atomic mass is 10.2. The molecule has 2 aromatic rings. The van der Waals surface area contributed by atoms with Gasteiger partial charge in [-0.1, -0.05) is 0 Å². The third-order valence-corrected chi connectivity index (χ3v) is 1.90. The Balaban J connectivity index is 3.09. The number of aromatic hydroxyl groups is 1. The first kappa shape index (κ1) is 7.66. The van der Waals surface area contributed by atoms with Gasteiger partial charge < -0.3 is 15.1 Å². The van der Waals surface area contributed by atoms with Gasteiger partial charge in [0.25, 0.3) is 5.56 Å². The van der Waals surface area contributed by atoms with Crippen molar-refractivity contribution >= 4 is 11.2 Å². The van der Waals surface area contributed by atoms with Crippen molar-refractivity contribution < 1.29 is 5.11 Å². The van der Waals surface area contributed by atoms with E-state index in [1.807, 2.05) is 0 Å². The smallest absolute Gasteiger partial charge is 0.325 e. The second kappa shape index (κ2) is 2.25. The summed E-state index contributed by atoms with van der Waals surface area (Å²) in [6, 6.07) is 0. The van der Waals surface area contributed by atoms with Crippen LogP contribution in [0.3, 0.4) is 0 Å². The average Bonchev–Trinajstić information content (AvgIpc) is 2.42. The van der Waals surface area contributed by atoms with Crippen LogP contribution < -0.4 is 11.2 Å². The highest BCUT2D eigenvalue weighted by atomic mass is 16.3. The number of aromatic amines is 3. The van der Waals surface area contributed by atoms with E-state index >= 15 is 0 Å². The number of hydrogen-bond donors (Lipinski definition) is 4. The molecule has 0 unspecified atom stereocenters. The van der Waals surface area contributed by atoms with Gasteiger partial charge in [0.05, 0.1) is 5.56 Å². The van der Waals surface area contributed by atoms with Crippen molar-refractivity contribution in [3.8, 4) is 5.75 Å². The lowest BCUT2D eigenvalue weighted by Crippen LogP contribution is -2.09. The van der Waals surface area contributed by atoms with E-state index in [0.717, 1.165) is 0 Å². The normalized spacial score (nSPS) is 10.8. The Labute approximate surface area is 71.2 Å². The van der Waals surface area contributed by atoms with Gasteiger partial charge in [-0.05, 0) is 6.92 Å². The fourth-order valence-corrected chi connectivity index (χ4v) is 1.16. The number of nitrogens with one attached hydrogen (secondary N) is 3. The lowest BCUT2D eigenvalue weighted by molar-refractivity contribution is 0.475. The van der Waals surface area contributed by atoms with Crippen molar-refractivity contribution in [1.82, 2.24) is 15.0 Å². The van der Waals surface area contributed by atoms with Crippen LogP contribution in [0.1, 0.15) is 5.56 Å². The number of aromatic nitrogens is 3. The minimum Gasteiger partial charge on any atom is -0.505 e. The molecule has 0 aliphatic rings. The van der Waals surface area contributed by atoms with Gasteiger partial charge in [-0.25, -0.2) is 4.79 Å². The van der Waals surface area contributed by atoms with Crippen LogP contribution in [0, 0.1) is 6.92 Å². The van der Waals surface area contributed by atoms with Crippen LogP contribution in [-0.2, 0) is 0 Å². The SMILES string of the molecule is Cc1c(O)c2[nH]c(=O)[nH]c2[nH]c1=O. The highest BCUT2D eigenvalue weighted by Crippen LogP contribution is 2.18. The molecule has 0 aromatic carbocycles. The lowest BCUT2D eigenvalue weighted by Gasteiger charge is -1.96. The largest absolute Gasteiger partial charge is 0.505 e. The summed E-state index contributed by atoms with van der Waals surface area (Å²) in [5, 5.41) is 9.44. The van der Waals surface area contributed by atoms with Crippen LogP contribution in [0.4, 0.5) is 0 Å². The summed E-state index contributed by atoms with van der Waals surface area (Å²) in [5.41, 5.74) is -0.269. The molecule has 0 spiro atoms. The monoisotopic (exact) mass is 181 g/mol. The van der Waals surface area contributed by atoms with Crippen LogP contribution in [-0.4, -0.2) is 20.1 Å². The molecule has 6 heteroatoms. The van der Waals surface area contributed by atoms with Gasteiger partial charge >= 0.3 is 5.69 Å². The molecule has 0 fully saturated rings. The Morgan fingerprint density at radius 1 is 1.15 bits per heavy atom. The Bertz CT molecular complexity index is 575. The van der Waals surface area contributed by atoms with Gasteiger partial charge in [0, 0.05) is 0 Å². The molecule has 2 heterocycles. The zero-order valence-corrected chi connectivity index (χ0v) is 6.76. The fourth-order valence-electron chi connectivity index (χ4n) is 1.16. The van der Waals surface area contributed by atoms with Gasteiger partial charge in [-0.15, -0.1) is 0 Å². The molecule has 0 saturated heterocycles. The molecule has 68 valence electrons. The molecule has 6 nitrogen and oxygen atoms in total. The summed E-state index contributed by atoms with van der Waals surface area (Å²) in [4.78, 5) is 29.1. The van der Waals surface area contributed by atoms with E-state index in [1.54, 1.807) is 0 Å². The molecule has 4 N–H and O–H groups in total. The molecule has 2 rings (SSSR count). The van der Waals surface area contributed by atoms with Gasteiger partial charge in [-0.3, -0.25) is 9.78 Å². The topological polar surface area (TPSA) is 102 Å². The van der Waals surface area contributed by atoms with Crippen molar-refractivity contribution in [3.63, 3.8) is 0 Å². The van der Waals surface area contributed by atoms with Gasteiger partial charge in [0.2, 0.25) is 0 Å². The molecule has 0 aliphatic heterocycles. The zero-order valence-electron chi connectivity index (χ0n) is 6.76. The minimum atomic E-state index is -0.466. The van der Waals surface area contributed by atoms with Gasteiger partial charge in [0.1, 0.15) is 11.2 Å². The number of pyridine rings is 1. The molecule has 0 atom stereocenters. The summed E-state index contributed by atoms with van der Waals surface area (Å²) < 4.78 is 0. The van der Waals surface area contributed by atoms with E-state index in [-0.39, 0.29) is 22.5 Å². The Morgan fingerprint density at radius 3 is 2.54 bits per heavy atom. The van der Waals surface area contributed by atoms with Crippen molar-refractivity contribution in [3.05, 3.63) is 26.4 Å². The maximum absolute atomic E-state index is 11.1. The first-order valence-electron chi connectivity index (χ1n) is 3.63. The van der Waals surface area contributed by atoms with E-state index in [4.69, 9.17) is 0 Å². The second-order valence-corrected chi connectivity index (χ2v) is 2.76. The van der Waals surface area contributed by atoms with Crippen molar-refractivity contribution in [1.29, 1.82) is 0 Å². The average molecular weight is 181 g/mol. The first-order valence-corrected chi connectivity index (χ1v) is 3.63. The van der Waals surface area contributed by atoms with Crippen molar-refractivity contribution in [2.24, 2.45) is 0 Å². The summed E-state index contributed by atoms with van der Waals surface area (Å²) in [6.45, 7) is 1.47. The van der Waals surface area contributed by atoms with E-state index in [2.05, 4.69) is 15.0 Å². The highest BCUT2D eigenvalue weighted by Gasteiger charge is 2.09. The quantitative estimate of drug-likeness (QED) is 0.443. The standard InChI is InChI=1S/C7H7N3O3/c1-2-4(11)3-5(9-6(2)12)10-7(13)8-3/h1H3,(H4,8,9,10,11,12,13). The Kier molecular flexibility index (Phi) is 1.33. The van der Waals surface area contributed by atoms with E-state index in [1.165, 1.54) is 6.92 Å². The third kappa shape index (κ3) is 0.952. The molecular formula is C7H7N3O3. The van der Waals surface area contributed by atoms with Crippen LogP contribution in [0.2, 0.25) is 0 Å². The predicted molar refractivity (Wildman–Crippen MR) is 45.9 cm³/mol. The molecular weight excluding hydrogens is 174 g/mol. The maximum atomic E-state index is 11.1. The fraction of sp³-hybridized carbons (Fsp3) is 0.143. The number of imidazole rings is 1. The molecule has 0 bridgehead atoms. The Hall–Kier alpha value is -1.98. The van der Waals surface area contributed by atoms with Crippen LogP contribution in [0.5, 0.6) is 5.75 Å². The predicted octanol–water partition coefficient (Wildman–Crippen LogP) is -0.441. The third-order valence-electron chi connectivity index (χ3n) is 1.90. The molecule has 13 heavy (non-hydrogen) atoms. The zero-order chi connectivity index (χ0) is 9.59. The highest BCUT2D eigenvalue weighted by molar-refractivity contribution is 5.78.